The summed E-state index contributed by atoms with van der Waals surface area (Å²) >= 11 is 0. The van der Waals surface area contributed by atoms with Crippen LogP contribution in [0.4, 0.5) is 0 Å². The van der Waals surface area contributed by atoms with E-state index in [2.05, 4.69) is 193 Å². The van der Waals surface area contributed by atoms with Crippen molar-refractivity contribution in [2.75, 3.05) is 0 Å². The second kappa shape index (κ2) is 14.8. The highest BCUT2D eigenvalue weighted by atomic mass is 14.4. The minimum Gasteiger partial charge on any atom is -0.106 e. The van der Waals surface area contributed by atoms with Gasteiger partial charge in [0.25, 0.3) is 0 Å². The number of fused-ring (bicyclic) bond motifs is 3. The molecule has 0 N–H and O–H groups in total. The molecule has 0 amide bonds. The first-order chi connectivity index (χ1) is 23.5. The summed E-state index contributed by atoms with van der Waals surface area (Å²) in [6, 6.07) is 29.6. The van der Waals surface area contributed by atoms with Gasteiger partial charge in [0.2, 0.25) is 0 Å². The fraction of sp³-hybridized carbons (Fsp3) is 0.320. The van der Waals surface area contributed by atoms with Crippen LogP contribution < -0.4 is 0 Å². The maximum atomic E-state index is 3.96. The molecule has 0 heteroatoms. The van der Waals surface area contributed by atoms with E-state index in [-0.39, 0.29) is 21.7 Å². The Morgan fingerprint density at radius 3 is 1.78 bits per heavy atom. The summed E-state index contributed by atoms with van der Waals surface area (Å²) in [6.45, 7) is 36.8. The number of hydrogen-bond acceptors (Lipinski definition) is 0. The lowest BCUT2D eigenvalue weighted by Crippen LogP contribution is -2.24. The van der Waals surface area contributed by atoms with Gasteiger partial charge in [0.1, 0.15) is 0 Å². The molecule has 0 saturated heterocycles. The summed E-state index contributed by atoms with van der Waals surface area (Å²) in [5.74, 6) is 0. The van der Waals surface area contributed by atoms with Gasteiger partial charge < -0.3 is 0 Å². The Morgan fingerprint density at radius 2 is 1.30 bits per heavy atom. The minimum atomic E-state index is 0.00394. The molecule has 4 aromatic carbocycles. The average molecular weight is 661 g/mol. The molecule has 2 aliphatic carbocycles. The van der Waals surface area contributed by atoms with Crippen molar-refractivity contribution in [3.8, 4) is 22.3 Å². The van der Waals surface area contributed by atoms with Gasteiger partial charge in [-0.1, -0.05) is 177 Å². The van der Waals surface area contributed by atoms with Crippen LogP contribution in [0.1, 0.15) is 108 Å². The summed E-state index contributed by atoms with van der Waals surface area (Å²) in [4.78, 5) is 0. The minimum absolute atomic E-state index is 0.00394. The zero-order chi connectivity index (χ0) is 37.1. The SMILES string of the molecule is C=C.C=C/C(=C\C)Cc1ccc2c(c1)C(C)(C)c1c-2cc(C(C)(C)C)cc1C(C)(C)C.C=CCC1(c2ccc(-c3ccc(C)cc3)cc2)C=C1. The standard InChI is InChI=1S/C29H38.C19H18.C2H4/c1-11-19(12-2)15-20-13-14-22-23-17-21(27(3,4)5)18-25(28(6,7)8)26(23)29(9,10)24(22)16-20;1-3-12-19(13-14-19)18-10-8-17(9-11-18)16-6-4-15(2)5-7-16;1-2/h11-14,16-18H,1,15H2,2-10H3;3-11,13-14H,1,12H2,2H3;1-2H2/b19-12+;;. The van der Waals surface area contributed by atoms with Gasteiger partial charge in [-0.25, -0.2) is 0 Å². The molecular weight excluding hydrogens is 601 g/mol. The van der Waals surface area contributed by atoms with E-state index in [1.54, 1.807) is 0 Å². The molecule has 0 nitrogen and oxygen atoms in total. The van der Waals surface area contributed by atoms with Crippen molar-refractivity contribution in [1.82, 2.24) is 0 Å². The van der Waals surface area contributed by atoms with Crippen molar-refractivity contribution in [3.05, 3.63) is 180 Å². The number of allylic oxidation sites excluding steroid dienone is 6. The molecule has 0 saturated carbocycles. The second-order valence-corrected chi connectivity index (χ2v) is 16.5. The van der Waals surface area contributed by atoms with E-state index < -0.39 is 0 Å². The van der Waals surface area contributed by atoms with Crippen molar-refractivity contribution in [1.29, 1.82) is 0 Å². The molecule has 0 heterocycles. The van der Waals surface area contributed by atoms with Crippen LogP contribution in [0.5, 0.6) is 0 Å². The fourth-order valence-electron chi connectivity index (χ4n) is 7.17. The third-order valence-corrected chi connectivity index (χ3v) is 10.4. The van der Waals surface area contributed by atoms with Gasteiger partial charge >= 0.3 is 0 Å². The highest BCUT2D eigenvalue weighted by Gasteiger charge is 2.40. The lowest BCUT2D eigenvalue weighted by atomic mass is 9.71. The molecule has 50 heavy (non-hydrogen) atoms. The Kier molecular flexibility index (Phi) is 11.4. The van der Waals surface area contributed by atoms with Crippen LogP contribution in [0.15, 0.2) is 141 Å². The number of rotatable bonds is 7. The van der Waals surface area contributed by atoms with E-state index in [9.17, 15) is 0 Å². The van der Waals surface area contributed by atoms with Crippen LogP contribution in [0.3, 0.4) is 0 Å². The Labute approximate surface area is 305 Å². The van der Waals surface area contributed by atoms with E-state index in [1.807, 2.05) is 12.2 Å². The molecule has 0 unspecified atom stereocenters. The highest BCUT2D eigenvalue weighted by molar-refractivity contribution is 5.83. The molecule has 0 spiro atoms. The quantitative estimate of drug-likeness (QED) is 0.137. The first-order valence-electron chi connectivity index (χ1n) is 18.1. The van der Waals surface area contributed by atoms with Crippen LogP contribution in [-0.4, -0.2) is 0 Å². The van der Waals surface area contributed by atoms with E-state index in [1.165, 1.54) is 66.8 Å². The zero-order valence-corrected chi connectivity index (χ0v) is 32.6. The van der Waals surface area contributed by atoms with Gasteiger partial charge in [0.15, 0.2) is 0 Å². The fourth-order valence-corrected chi connectivity index (χ4v) is 7.17. The predicted octanol–water partition coefficient (Wildman–Crippen LogP) is 14.1. The summed E-state index contributed by atoms with van der Waals surface area (Å²) in [5.41, 5.74) is 17.0. The predicted molar refractivity (Wildman–Crippen MR) is 223 cm³/mol. The topological polar surface area (TPSA) is 0 Å². The lowest BCUT2D eigenvalue weighted by molar-refractivity contribution is 0.545. The number of aryl methyl sites for hydroxylation is 1. The lowest BCUT2D eigenvalue weighted by Gasteiger charge is -2.32. The van der Waals surface area contributed by atoms with Crippen LogP contribution in [0.25, 0.3) is 22.3 Å². The van der Waals surface area contributed by atoms with Crippen molar-refractivity contribution >= 4 is 0 Å². The van der Waals surface area contributed by atoms with Crippen molar-refractivity contribution in [2.45, 2.75) is 104 Å². The monoisotopic (exact) mass is 660 g/mol. The maximum Gasteiger partial charge on any atom is 0.0347 e. The van der Waals surface area contributed by atoms with Crippen molar-refractivity contribution in [2.24, 2.45) is 0 Å². The molecule has 0 aliphatic heterocycles. The van der Waals surface area contributed by atoms with Crippen LogP contribution >= 0.6 is 0 Å². The third kappa shape index (κ3) is 7.97. The Balaban J connectivity index is 0.000000230. The first kappa shape index (κ1) is 38.4. The largest absolute Gasteiger partial charge is 0.106 e. The first-order valence-corrected chi connectivity index (χ1v) is 18.1. The maximum absolute atomic E-state index is 3.96. The van der Waals surface area contributed by atoms with Crippen LogP contribution in [0, 0.1) is 6.92 Å². The van der Waals surface area contributed by atoms with E-state index in [0.29, 0.717) is 0 Å². The Hall–Kier alpha value is -4.42. The van der Waals surface area contributed by atoms with E-state index >= 15 is 0 Å². The van der Waals surface area contributed by atoms with Crippen LogP contribution in [-0.2, 0) is 28.1 Å². The number of hydrogen-bond donors (Lipinski definition) is 0. The third-order valence-electron chi connectivity index (χ3n) is 10.4. The molecular formula is C50H60. The van der Waals surface area contributed by atoms with Gasteiger partial charge in [-0.05, 0) is 98.7 Å². The summed E-state index contributed by atoms with van der Waals surface area (Å²) in [7, 11) is 0. The molecule has 0 aromatic heterocycles. The smallest absolute Gasteiger partial charge is 0.0347 e. The highest BCUT2D eigenvalue weighted by Crippen LogP contribution is 2.53. The molecule has 0 bridgehead atoms. The van der Waals surface area contributed by atoms with Crippen LogP contribution in [0.2, 0.25) is 0 Å². The molecule has 4 aromatic rings. The van der Waals surface area contributed by atoms with Gasteiger partial charge in [-0.2, -0.15) is 0 Å². The molecule has 260 valence electrons. The molecule has 0 atom stereocenters. The van der Waals surface area contributed by atoms with Gasteiger partial charge in [0.05, 0.1) is 0 Å². The Bertz CT molecular complexity index is 1880. The van der Waals surface area contributed by atoms with Gasteiger partial charge in [0, 0.05) is 10.8 Å². The van der Waals surface area contributed by atoms with Gasteiger partial charge in [-0.15, -0.1) is 19.7 Å². The van der Waals surface area contributed by atoms with Gasteiger partial charge in [-0.3, -0.25) is 0 Å². The molecule has 0 fully saturated rings. The number of benzene rings is 4. The summed E-state index contributed by atoms with van der Waals surface area (Å²) < 4.78 is 0. The van der Waals surface area contributed by atoms with Crippen molar-refractivity contribution < 1.29 is 0 Å². The zero-order valence-electron chi connectivity index (χ0n) is 32.6. The van der Waals surface area contributed by atoms with E-state index in [4.69, 9.17) is 0 Å². The van der Waals surface area contributed by atoms with Crippen molar-refractivity contribution in [3.63, 3.8) is 0 Å². The average Bonchev–Trinajstić information content (AvgIpc) is 3.84. The normalized spacial score (nSPS) is 15.0. The molecule has 6 rings (SSSR count). The van der Waals surface area contributed by atoms with E-state index in [0.717, 1.165) is 12.8 Å². The molecule has 2 aliphatic rings. The second-order valence-electron chi connectivity index (χ2n) is 16.5. The Morgan fingerprint density at radius 1 is 0.720 bits per heavy atom. The summed E-state index contributed by atoms with van der Waals surface area (Å²) in [5, 5.41) is 0. The summed E-state index contributed by atoms with van der Waals surface area (Å²) in [6.07, 6.45) is 12.6. The molecule has 0 radical (unpaired) electrons.